The van der Waals surface area contributed by atoms with Gasteiger partial charge < -0.3 is 54.3 Å². The summed E-state index contributed by atoms with van der Waals surface area (Å²) in [6, 6.07) is 11.6. The molecule has 1 heterocycles. The number of hydrogen-bond acceptors (Lipinski definition) is 12. The summed E-state index contributed by atoms with van der Waals surface area (Å²) >= 11 is 0. The molecule has 7 unspecified atom stereocenters. The van der Waals surface area contributed by atoms with Crippen molar-refractivity contribution in [2.24, 2.45) is 0 Å². The second kappa shape index (κ2) is 13.5. The zero-order valence-corrected chi connectivity index (χ0v) is 20.8. The fourth-order valence-corrected chi connectivity index (χ4v) is 3.72. The van der Waals surface area contributed by atoms with Crippen LogP contribution in [0.25, 0.3) is 6.08 Å². The third-order valence-electron chi connectivity index (χ3n) is 5.91. The van der Waals surface area contributed by atoms with Gasteiger partial charge in [-0.05, 0) is 29.3 Å². The molecule has 0 bridgehead atoms. The molecule has 0 saturated carbocycles. The molecule has 0 aromatic heterocycles. The third kappa shape index (κ3) is 7.20. The van der Waals surface area contributed by atoms with Gasteiger partial charge in [0, 0.05) is 6.08 Å². The van der Waals surface area contributed by atoms with Crippen molar-refractivity contribution in [3.63, 3.8) is 0 Å². The van der Waals surface area contributed by atoms with Gasteiger partial charge in [-0.1, -0.05) is 30.3 Å². The van der Waals surface area contributed by atoms with E-state index in [2.05, 4.69) is 0 Å². The first kappa shape index (κ1) is 29.3. The number of benzene rings is 2. The Labute approximate surface area is 218 Å². The highest BCUT2D eigenvalue weighted by Gasteiger charge is 2.45. The highest BCUT2D eigenvalue weighted by molar-refractivity contribution is 5.87. The maximum absolute atomic E-state index is 12.0. The molecule has 12 heteroatoms. The molecule has 1 aliphatic rings. The molecule has 0 amide bonds. The lowest BCUT2D eigenvalue weighted by molar-refractivity contribution is -0.306. The molecule has 3 rings (SSSR count). The number of hydrogen-bond donors (Lipinski definition) is 6. The summed E-state index contributed by atoms with van der Waals surface area (Å²) in [6.07, 6.45) is -8.12. The Morgan fingerprint density at radius 2 is 1.63 bits per heavy atom. The minimum atomic E-state index is -1.70. The summed E-state index contributed by atoms with van der Waals surface area (Å²) in [5, 5.41) is 61.8. The van der Waals surface area contributed by atoms with Gasteiger partial charge in [0.2, 0.25) is 5.75 Å². The van der Waals surface area contributed by atoms with E-state index in [-0.39, 0.29) is 22.8 Å². The van der Waals surface area contributed by atoms with Crippen molar-refractivity contribution in [2.75, 3.05) is 27.4 Å². The van der Waals surface area contributed by atoms with E-state index in [0.29, 0.717) is 0 Å². The van der Waals surface area contributed by atoms with Gasteiger partial charge in [-0.2, -0.15) is 0 Å². The number of phenolic OH excluding ortho intramolecular Hbond substituents is 1. The number of aliphatic hydroxyl groups is 5. The first-order chi connectivity index (χ1) is 18.2. The standard InChI is InChI=1S/C26H32O12/c1-34-17-10-15(11-18(35-2)22(17)30)21(29)16(27)12-37-26-25(33)24(32)23(31)19(38-26)13-36-20(28)9-8-14-6-4-3-5-7-14/h3-11,16,19,21,23-27,29-33H,12-13H2,1-2H3. The van der Waals surface area contributed by atoms with Crippen LogP contribution in [0.3, 0.4) is 0 Å². The molecule has 1 aliphatic heterocycles. The van der Waals surface area contributed by atoms with Crippen LogP contribution in [0.1, 0.15) is 17.2 Å². The van der Waals surface area contributed by atoms with E-state index < -0.39 is 62.1 Å². The smallest absolute Gasteiger partial charge is 0.330 e. The van der Waals surface area contributed by atoms with Crippen LogP contribution < -0.4 is 9.47 Å². The number of carbonyl (C=O) groups excluding carboxylic acids is 1. The molecule has 0 spiro atoms. The quantitative estimate of drug-likeness (QED) is 0.166. The molecule has 12 nitrogen and oxygen atoms in total. The SMILES string of the molecule is COc1cc(C(O)C(O)COC2OC(COC(=O)C=Cc3ccccc3)C(O)C(O)C2O)cc(OC)c1O. The number of methoxy groups -OCH3 is 2. The van der Waals surface area contributed by atoms with E-state index in [4.69, 9.17) is 23.7 Å². The average Bonchev–Trinajstić information content (AvgIpc) is 2.94. The Hall–Kier alpha value is -3.23. The highest BCUT2D eigenvalue weighted by Crippen LogP contribution is 2.39. The number of ether oxygens (including phenoxy) is 5. The molecule has 7 atom stereocenters. The van der Waals surface area contributed by atoms with Crippen LogP contribution in [0.2, 0.25) is 0 Å². The molecule has 1 saturated heterocycles. The second-order valence-corrected chi connectivity index (χ2v) is 8.51. The molecule has 0 aliphatic carbocycles. The van der Waals surface area contributed by atoms with E-state index in [1.165, 1.54) is 38.5 Å². The number of phenols is 1. The van der Waals surface area contributed by atoms with Crippen molar-refractivity contribution in [3.05, 3.63) is 59.7 Å². The zero-order chi connectivity index (χ0) is 27.8. The highest BCUT2D eigenvalue weighted by atomic mass is 16.7. The molecule has 1 fully saturated rings. The second-order valence-electron chi connectivity index (χ2n) is 8.51. The van der Waals surface area contributed by atoms with Gasteiger partial charge in [0.25, 0.3) is 0 Å². The van der Waals surface area contributed by atoms with Gasteiger partial charge in [-0.15, -0.1) is 0 Å². The Morgan fingerprint density at radius 3 is 2.24 bits per heavy atom. The maximum atomic E-state index is 12.0. The number of carbonyl (C=O) groups is 1. The minimum absolute atomic E-state index is 0.00525. The first-order valence-corrected chi connectivity index (χ1v) is 11.7. The normalized spacial score (nSPS) is 25.1. The van der Waals surface area contributed by atoms with Crippen molar-refractivity contribution in [1.82, 2.24) is 0 Å². The molecule has 2 aromatic carbocycles. The summed E-state index contributed by atoms with van der Waals surface area (Å²) in [6.45, 7) is -1.02. The van der Waals surface area contributed by atoms with Crippen LogP contribution in [0, 0.1) is 0 Å². The monoisotopic (exact) mass is 536 g/mol. The third-order valence-corrected chi connectivity index (χ3v) is 5.91. The van der Waals surface area contributed by atoms with Gasteiger partial charge >= 0.3 is 5.97 Å². The number of esters is 1. The van der Waals surface area contributed by atoms with Crippen molar-refractivity contribution in [2.45, 2.75) is 42.9 Å². The van der Waals surface area contributed by atoms with Crippen LogP contribution in [-0.4, -0.2) is 101 Å². The van der Waals surface area contributed by atoms with Crippen LogP contribution in [0.15, 0.2) is 48.5 Å². The number of aliphatic hydroxyl groups excluding tert-OH is 5. The predicted molar refractivity (Wildman–Crippen MR) is 131 cm³/mol. The van der Waals surface area contributed by atoms with Crippen LogP contribution in [0.5, 0.6) is 17.2 Å². The molecular weight excluding hydrogens is 504 g/mol. The summed E-state index contributed by atoms with van der Waals surface area (Å²) in [5.41, 5.74) is 0.914. The lowest BCUT2D eigenvalue weighted by atomic mass is 9.99. The number of rotatable bonds is 11. The van der Waals surface area contributed by atoms with Crippen molar-refractivity contribution in [3.8, 4) is 17.2 Å². The largest absolute Gasteiger partial charge is 0.502 e. The van der Waals surface area contributed by atoms with Crippen LogP contribution in [0.4, 0.5) is 0 Å². The molecule has 38 heavy (non-hydrogen) atoms. The average molecular weight is 537 g/mol. The Balaban J connectivity index is 1.58. The topological polar surface area (TPSA) is 185 Å². The van der Waals surface area contributed by atoms with E-state index in [1.54, 1.807) is 24.3 Å². The molecule has 2 aromatic rings. The van der Waals surface area contributed by atoms with Gasteiger partial charge in [0.05, 0.1) is 20.8 Å². The Bertz CT molecular complexity index is 1050. The van der Waals surface area contributed by atoms with Crippen molar-refractivity contribution in [1.29, 1.82) is 0 Å². The van der Waals surface area contributed by atoms with Crippen molar-refractivity contribution >= 4 is 12.0 Å². The number of aromatic hydroxyl groups is 1. The fraction of sp³-hybridized carbons (Fsp3) is 0.423. The maximum Gasteiger partial charge on any atom is 0.330 e. The van der Waals surface area contributed by atoms with E-state index >= 15 is 0 Å². The zero-order valence-electron chi connectivity index (χ0n) is 20.8. The van der Waals surface area contributed by atoms with Crippen LogP contribution >= 0.6 is 0 Å². The first-order valence-electron chi connectivity index (χ1n) is 11.7. The summed E-state index contributed by atoms with van der Waals surface area (Å²) in [4.78, 5) is 12.0. The van der Waals surface area contributed by atoms with Gasteiger partial charge in [-0.25, -0.2) is 4.79 Å². The van der Waals surface area contributed by atoms with E-state index in [0.717, 1.165) is 5.56 Å². The molecular formula is C26H32O12. The lowest BCUT2D eigenvalue weighted by Crippen LogP contribution is -2.59. The summed E-state index contributed by atoms with van der Waals surface area (Å²) in [7, 11) is 2.61. The van der Waals surface area contributed by atoms with Gasteiger partial charge in [-0.3, -0.25) is 0 Å². The minimum Gasteiger partial charge on any atom is -0.502 e. The summed E-state index contributed by atoms with van der Waals surface area (Å²) < 4.78 is 26.0. The van der Waals surface area contributed by atoms with Gasteiger partial charge in [0.1, 0.15) is 43.2 Å². The molecule has 6 N–H and O–H groups in total. The Morgan fingerprint density at radius 1 is 1.00 bits per heavy atom. The van der Waals surface area contributed by atoms with Crippen molar-refractivity contribution < 1.29 is 59.1 Å². The molecule has 208 valence electrons. The summed E-state index contributed by atoms with van der Waals surface area (Å²) in [5.74, 6) is -0.998. The molecule has 0 radical (unpaired) electrons. The van der Waals surface area contributed by atoms with Crippen LogP contribution in [-0.2, 0) is 19.0 Å². The van der Waals surface area contributed by atoms with Gasteiger partial charge in [0.15, 0.2) is 17.8 Å². The fourth-order valence-electron chi connectivity index (χ4n) is 3.72. The Kier molecular flexibility index (Phi) is 10.4. The van der Waals surface area contributed by atoms with E-state index in [9.17, 15) is 35.4 Å². The predicted octanol–water partition coefficient (Wildman–Crippen LogP) is -0.116. The van der Waals surface area contributed by atoms with E-state index in [1.807, 2.05) is 6.07 Å². The lowest BCUT2D eigenvalue weighted by Gasteiger charge is -2.40.